The molecule has 0 heterocycles. The van der Waals surface area contributed by atoms with E-state index in [0.29, 0.717) is 26.7 Å². The highest BCUT2D eigenvalue weighted by molar-refractivity contribution is 8.00. The summed E-state index contributed by atoms with van der Waals surface area (Å²) in [6, 6.07) is 23.9. The molecule has 0 aromatic heterocycles. The fraction of sp³-hybridized carbons (Fsp3) is 0.0333. The van der Waals surface area contributed by atoms with E-state index in [1.807, 2.05) is 0 Å². The Morgan fingerprint density at radius 2 is 1.57 bits per heavy atom. The van der Waals surface area contributed by atoms with Gasteiger partial charge in [0, 0.05) is 32.3 Å². The number of rotatable bonds is 9. The second kappa shape index (κ2) is 13.6. The number of thioether (sulfide) groups is 1. The van der Waals surface area contributed by atoms with E-state index >= 15 is 0 Å². The largest absolute Gasteiger partial charge is 0.321 e. The minimum atomic E-state index is -0.699. The minimum absolute atomic E-state index is 0.0497. The van der Waals surface area contributed by atoms with Crippen LogP contribution in [0.2, 0.25) is 15.1 Å². The van der Waals surface area contributed by atoms with Gasteiger partial charge in [-0.15, -0.1) is 11.8 Å². The zero-order valence-corrected chi connectivity index (χ0v) is 23.7. The van der Waals surface area contributed by atoms with E-state index in [-0.39, 0.29) is 32.8 Å². The van der Waals surface area contributed by atoms with Gasteiger partial charge in [0.25, 0.3) is 11.8 Å². The first-order valence-corrected chi connectivity index (χ1v) is 13.9. The van der Waals surface area contributed by atoms with Crippen LogP contribution in [-0.2, 0) is 4.79 Å². The second-order valence-corrected chi connectivity index (χ2v) is 10.6. The number of amides is 2. The van der Waals surface area contributed by atoms with Crippen LogP contribution < -0.4 is 10.6 Å². The quantitative estimate of drug-likeness (QED) is 0.113. The zero-order valence-electron chi connectivity index (χ0n) is 20.6. The highest BCUT2D eigenvalue weighted by Crippen LogP contribution is 2.27. The van der Waals surface area contributed by atoms with Crippen molar-refractivity contribution in [2.45, 2.75) is 4.90 Å². The number of benzene rings is 4. The summed E-state index contributed by atoms with van der Waals surface area (Å²) in [4.78, 5) is 39.5. The zero-order chi connectivity index (χ0) is 28.6. The maximum absolute atomic E-state index is 14.5. The summed E-state index contributed by atoms with van der Waals surface area (Å²) < 4.78 is 14.5. The Balaban J connectivity index is 1.53. The standard InChI is InChI=1S/C30H20Cl3FN2O3S/c31-19-12-13-22(25(33)14-19)28(37)17-40-21-9-4-8-20(15-21)35-30(39)27(16-23-24(32)10-5-11-26(23)34)36-29(38)18-6-2-1-3-7-18/h1-16H,17H2,(H,35,39)(H,36,38)/b27-16-. The van der Waals surface area contributed by atoms with Crippen molar-refractivity contribution in [3.8, 4) is 0 Å². The molecule has 0 bridgehead atoms. The van der Waals surface area contributed by atoms with Gasteiger partial charge in [-0.05, 0) is 66.7 Å². The number of hydrogen-bond acceptors (Lipinski definition) is 4. The maximum Gasteiger partial charge on any atom is 0.272 e. The van der Waals surface area contributed by atoms with Crippen LogP contribution in [0.25, 0.3) is 6.08 Å². The molecule has 0 aliphatic rings. The van der Waals surface area contributed by atoms with Gasteiger partial charge in [-0.25, -0.2) is 4.39 Å². The first-order valence-electron chi connectivity index (χ1n) is 11.8. The molecule has 202 valence electrons. The average Bonchev–Trinajstić information content (AvgIpc) is 2.93. The predicted octanol–water partition coefficient (Wildman–Crippen LogP) is 8.17. The molecule has 0 radical (unpaired) electrons. The predicted molar refractivity (Wildman–Crippen MR) is 160 cm³/mol. The molecule has 0 unspecified atom stereocenters. The van der Waals surface area contributed by atoms with Crippen molar-refractivity contribution in [1.82, 2.24) is 5.32 Å². The molecule has 0 saturated heterocycles. The van der Waals surface area contributed by atoms with Crippen molar-refractivity contribution in [2.24, 2.45) is 0 Å². The van der Waals surface area contributed by atoms with Crippen LogP contribution in [0.15, 0.2) is 102 Å². The SMILES string of the molecule is O=C(Nc1cccc(SCC(=O)c2ccc(Cl)cc2Cl)c1)/C(=C/c1c(F)cccc1Cl)NC(=O)c1ccccc1. The van der Waals surface area contributed by atoms with E-state index in [0.717, 1.165) is 0 Å². The van der Waals surface area contributed by atoms with E-state index in [1.54, 1.807) is 66.7 Å². The lowest BCUT2D eigenvalue weighted by atomic mass is 10.1. The van der Waals surface area contributed by atoms with Gasteiger partial charge >= 0.3 is 0 Å². The fourth-order valence-electron chi connectivity index (χ4n) is 3.54. The normalized spacial score (nSPS) is 11.2. The summed E-state index contributed by atoms with van der Waals surface area (Å²) in [6.07, 6.45) is 1.18. The lowest BCUT2D eigenvalue weighted by Gasteiger charge is -2.13. The topological polar surface area (TPSA) is 75.3 Å². The van der Waals surface area contributed by atoms with E-state index in [1.165, 1.54) is 42.1 Å². The first kappa shape index (κ1) is 29.4. The molecule has 4 rings (SSSR count). The molecule has 0 aliphatic heterocycles. The van der Waals surface area contributed by atoms with Gasteiger partial charge < -0.3 is 10.6 Å². The Morgan fingerprint density at radius 1 is 0.825 bits per heavy atom. The monoisotopic (exact) mass is 612 g/mol. The molecular weight excluding hydrogens is 594 g/mol. The molecule has 4 aromatic carbocycles. The Morgan fingerprint density at radius 3 is 2.30 bits per heavy atom. The van der Waals surface area contributed by atoms with Crippen LogP contribution in [0.1, 0.15) is 26.3 Å². The summed E-state index contributed by atoms with van der Waals surface area (Å²) >= 11 is 19.5. The molecule has 10 heteroatoms. The van der Waals surface area contributed by atoms with Crippen molar-refractivity contribution in [1.29, 1.82) is 0 Å². The van der Waals surface area contributed by atoms with Crippen molar-refractivity contribution >= 4 is 75.9 Å². The third-order valence-electron chi connectivity index (χ3n) is 5.51. The van der Waals surface area contributed by atoms with Gasteiger partial charge in [0.05, 0.1) is 15.8 Å². The Hall–Kier alpha value is -3.62. The number of nitrogens with one attached hydrogen (secondary N) is 2. The molecule has 40 heavy (non-hydrogen) atoms. The van der Waals surface area contributed by atoms with Gasteiger partial charge in [0.2, 0.25) is 0 Å². The Bertz CT molecular complexity index is 1590. The van der Waals surface area contributed by atoms with E-state index in [9.17, 15) is 18.8 Å². The number of halogens is 4. The molecule has 4 aromatic rings. The molecular formula is C30H20Cl3FN2O3S. The fourth-order valence-corrected chi connectivity index (χ4v) is 5.11. The second-order valence-electron chi connectivity index (χ2n) is 8.33. The van der Waals surface area contributed by atoms with Crippen molar-refractivity contribution in [3.63, 3.8) is 0 Å². The molecule has 0 saturated carbocycles. The molecule has 0 atom stereocenters. The molecule has 0 fully saturated rings. The molecule has 2 N–H and O–H groups in total. The number of anilines is 1. The van der Waals surface area contributed by atoms with Crippen LogP contribution in [0.5, 0.6) is 0 Å². The minimum Gasteiger partial charge on any atom is -0.321 e. The van der Waals surface area contributed by atoms with Crippen LogP contribution in [-0.4, -0.2) is 23.4 Å². The van der Waals surface area contributed by atoms with E-state index in [2.05, 4.69) is 10.6 Å². The Labute approximate surface area is 249 Å². The summed E-state index contributed by atoms with van der Waals surface area (Å²) in [6.45, 7) is 0. The first-order chi connectivity index (χ1) is 19.2. The number of carbonyl (C=O) groups is 3. The summed E-state index contributed by atoms with van der Waals surface area (Å²) in [5, 5.41) is 6.04. The summed E-state index contributed by atoms with van der Waals surface area (Å²) in [5.41, 5.74) is 0.799. The highest BCUT2D eigenvalue weighted by Gasteiger charge is 2.18. The molecule has 0 aliphatic carbocycles. The number of ketones is 1. The van der Waals surface area contributed by atoms with Gasteiger partial charge in [-0.1, -0.05) is 65.1 Å². The van der Waals surface area contributed by atoms with Crippen LogP contribution >= 0.6 is 46.6 Å². The van der Waals surface area contributed by atoms with Gasteiger partial charge in [0.1, 0.15) is 11.5 Å². The van der Waals surface area contributed by atoms with E-state index in [4.69, 9.17) is 34.8 Å². The maximum atomic E-state index is 14.5. The lowest BCUT2D eigenvalue weighted by Crippen LogP contribution is -2.30. The third kappa shape index (κ3) is 7.73. The van der Waals surface area contributed by atoms with Gasteiger partial charge in [-0.2, -0.15) is 0 Å². The smallest absolute Gasteiger partial charge is 0.272 e. The van der Waals surface area contributed by atoms with Gasteiger partial charge in [0.15, 0.2) is 5.78 Å². The highest BCUT2D eigenvalue weighted by atomic mass is 35.5. The summed E-state index contributed by atoms with van der Waals surface area (Å²) in [5.74, 6) is -2.00. The van der Waals surface area contributed by atoms with Crippen molar-refractivity contribution in [2.75, 3.05) is 11.1 Å². The third-order valence-corrected chi connectivity index (χ3v) is 7.38. The Kier molecular flexibility index (Phi) is 10.0. The van der Waals surface area contributed by atoms with Crippen LogP contribution in [0, 0.1) is 5.82 Å². The van der Waals surface area contributed by atoms with Crippen molar-refractivity contribution < 1.29 is 18.8 Å². The molecule has 0 spiro atoms. The molecule has 5 nitrogen and oxygen atoms in total. The molecule has 2 amide bonds. The van der Waals surface area contributed by atoms with Crippen molar-refractivity contribution in [3.05, 3.63) is 134 Å². The number of hydrogen-bond donors (Lipinski definition) is 2. The van der Waals surface area contributed by atoms with Crippen LogP contribution in [0.3, 0.4) is 0 Å². The average molecular weight is 614 g/mol. The lowest BCUT2D eigenvalue weighted by molar-refractivity contribution is -0.113. The van der Waals surface area contributed by atoms with Gasteiger partial charge in [-0.3, -0.25) is 14.4 Å². The number of Topliss-reactive ketones (excluding diaryl/α,β-unsaturated/α-hetero) is 1. The summed E-state index contributed by atoms with van der Waals surface area (Å²) in [7, 11) is 0. The van der Waals surface area contributed by atoms with Crippen LogP contribution in [0.4, 0.5) is 10.1 Å². The number of carbonyl (C=O) groups excluding carboxylic acids is 3. The van der Waals surface area contributed by atoms with E-state index < -0.39 is 17.6 Å².